The van der Waals surface area contributed by atoms with Crippen molar-refractivity contribution >= 4 is 0 Å². The van der Waals surface area contributed by atoms with Crippen LogP contribution in [0.25, 0.3) is 0 Å². The lowest BCUT2D eigenvalue weighted by atomic mass is 10.00. The number of benzene rings is 2. The Bertz CT molecular complexity index is 996. The summed E-state index contributed by atoms with van der Waals surface area (Å²) in [4.78, 5) is 4.94. The summed E-state index contributed by atoms with van der Waals surface area (Å²) in [6, 6.07) is 9.53. The van der Waals surface area contributed by atoms with Gasteiger partial charge in [-0.1, -0.05) is 130 Å². The van der Waals surface area contributed by atoms with Crippen LogP contribution in [0.5, 0.6) is 11.5 Å². The minimum atomic E-state index is 0.823. The van der Waals surface area contributed by atoms with Crippen molar-refractivity contribution in [2.45, 2.75) is 157 Å². The molecule has 0 saturated carbocycles. The van der Waals surface area contributed by atoms with Crippen molar-refractivity contribution < 1.29 is 9.47 Å². The van der Waals surface area contributed by atoms with Gasteiger partial charge in [0.1, 0.15) is 11.5 Å². The molecule has 2 rings (SSSR count). The molecule has 0 bridgehead atoms. The number of rotatable bonds is 27. The van der Waals surface area contributed by atoms with Crippen molar-refractivity contribution in [3.05, 3.63) is 57.6 Å². The van der Waals surface area contributed by atoms with E-state index in [1.54, 1.807) is 0 Å². The number of aryl methyl sites for hydroxylation is 4. The van der Waals surface area contributed by atoms with E-state index >= 15 is 0 Å². The number of likely N-dealkylation sites (N-methyl/N-ethyl adjacent to an activating group) is 2. The van der Waals surface area contributed by atoms with Crippen LogP contribution in [0.4, 0.5) is 0 Å². The molecule has 0 aromatic heterocycles. The number of ether oxygens (including phenoxy) is 2. The average molecular weight is 637 g/mol. The third kappa shape index (κ3) is 14.8. The first-order valence-corrected chi connectivity index (χ1v) is 19.3. The van der Waals surface area contributed by atoms with Crippen molar-refractivity contribution in [2.75, 3.05) is 40.4 Å². The first-order valence-electron chi connectivity index (χ1n) is 19.3. The number of hydrogen-bond acceptors (Lipinski definition) is 4. The minimum Gasteiger partial charge on any atom is -0.493 e. The van der Waals surface area contributed by atoms with Gasteiger partial charge in [0, 0.05) is 37.3 Å². The molecule has 0 N–H and O–H groups in total. The molecule has 2 aromatic rings. The Morgan fingerprint density at radius 2 is 0.783 bits per heavy atom. The van der Waals surface area contributed by atoms with Crippen LogP contribution in [-0.2, 0) is 38.8 Å². The molecule has 0 spiro atoms. The highest BCUT2D eigenvalue weighted by atomic mass is 16.5. The maximum absolute atomic E-state index is 6.54. The lowest BCUT2D eigenvalue weighted by Gasteiger charge is -2.25. The fourth-order valence-corrected chi connectivity index (χ4v) is 6.39. The van der Waals surface area contributed by atoms with Crippen LogP contribution in [-0.4, -0.2) is 50.2 Å². The van der Waals surface area contributed by atoms with Gasteiger partial charge in [0.05, 0.1) is 13.2 Å². The van der Waals surface area contributed by atoms with E-state index in [4.69, 9.17) is 9.47 Å². The molecule has 0 aliphatic carbocycles. The Kier molecular flexibility index (Phi) is 21.1. The van der Waals surface area contributed by atoms with Gasteiger partial charge in [-0.15, -0.1) is 0 Å². The lowest BCUT2D eigenvalue weighted by molar-refractivity contribution is 0.237. The van der Waals surface area contributed by atoms with E-state index in [1.807, 2.05) is 0 Å². The van der Waals surface area contributed by atoms with Crippen LogP contribution in [0.3, 0.4) is 0 Å². The maximum Gasteiger partial charge on any atom is 0.126 e. The molecule has 0 heterocycles. The van der Waals surface area contributed by atoms with Gasteiger partial charge in [0.15, 0.2) is 0 Å². The molecule has 0 amide bonds. The molecule has 0 unspecified atom stereocenters. The molecule has 0 aliphatic rings. The molecule has 0 radical (unpaired) electrons. The van der Waals surface area contributed by atoms with Crippen LogP contribution in [0, 0.1) is 0 Å². The monoisotopic (exact) mass is 637 g/mol. The first kappa shape index (κ1) is 40.1. The largest absolute Gasteiger partial charge is 0.493 e. The maximum atomic E-state index is 6.54. The van der Waals surface area contributed by atoms with Crippen LogP contribution >= 0.6 is 0 Å². The first-order chi connectivity index (χ1) is 22.4. The Balaban J connectivity index is 2.03. The lowest BCUT2D eigenvalue weighted by Crippen LogP contribution is -2.30. The zero-order valence-electron chi connectivity index (χ0n) is 31.6. The summed E-state index contributed by atoms with van der Waals surface area (Å²) in [5.74, 6) is 2.29. The van der Waals surface area contributed by atoms with Gasteiger partial charge in [-0.25, -0.2) is 0 Å². The van der Waals surface area contributed by atoms with Crippen molar-refractivity contribution in [1.29, 1.82) is 0 Å². The minimum absolute atomic E-state index is 0.823. The second-order valence-electron chi connectivity index (χ2n) is 13.6. The van der Waals surface area contributed by atoms with Crippen molar-refractivity contribution in [3.8, 4) is 11.5 Å². The highest BCUT2D eigenvalue weighted by Crippen LogP contribution is 2.30. The molecule has 0 saturated heterocycles. The summed E-state index contributed by atoms with van der Waals surface area (Å²) >= 11 is 0. The smallest absolute Gasteiger partial charge is 0.126 e. The SMILES string of the molecule is CCCCCCCCOc1c(CC)cc(CC)cc1CN(C)CCN(C)Cc1cc(CC)cc(CC)c1OCCCCCCCC. The second kappa shape index (κ2) is 24.2. The van der Waals surface area contributed by atoms with Crippen molar-refractivity contribution in [2.24, 2.45) is 0 Å². The number of hydrogen-bond donors (Lipinski definition) is 0. The Labute approximate surface area is 285 Å². The molecule has 46 heavy (non-hydrogen) atoms. The van der Waals surface area contributed by atoms with Gasteiger partial charge < -0.3 is 19.3 Å². The van der Waals surface area contributed by atoms with E-state index in [-0.39, 0.29) is 0 Å². The van der Waals surface area contributed by atoms with E-state index < -0.39 is 0 Å². The summed E-state index contributed by atoms with van der Waals surface area (Å²) in [6.07, 6.45) is 19.6. The predicted molar refractivity (Wildman–Crippen MR) is 201 cm³/mol. The molecule has 0 atom stereocenters. The van der Waals surface area contributed by atoms with Gasteiger partial charge in [0.25, 0.3) is 0 Å². The standard InChI is InChI=1S/C42H72N2O2/c1-9-15-17-19-21-23-27-45-41-37(13-5)29-35(11-3)31-39(41)33-43(7)25-26-44(8)34-40-32-36(12-4)30-38(14-6)42(40)46-28-24-22-20-18-16-10-2/h29-32H,9-28,33-34H2,1-8H3. The van der Waals surface area contributed by atoms with Crippen LogP contribution in [0.1, 0.15) is 152 Å². The fourth-order valence-electron chi connectivity index (χ4n) is 6.39. The Morgan fingerprint density at radius 1 is 0.435 bits per heavy atom. The van der Waals surface area contributed by atoms with Gasteiger partial charge in [-0.3, -0.25) is 0 Å². The quantitative estimate of drug-likeness (QED) is 0.0911. The third-order valence-corrected chi connectivity index (χ3v) is 9.42. The summed E-state index contributed by atoms with van der Waals surface area (Å²) in [6.45, 7) is 19.1. The van der Waals surface area contributed by atoms with Gasteiger partial charge >= 0.3 is 0 Å². The van der Waals surface area contributed by atoms with E-state index in [0.717, 1.165) is 89.4 Å². The highest BCUT2D eigenvalue weighted by Gasteiger charge is 2.16. The molecule has 0 aliphatic heterocycles. The van der Waals surface area contributed by atoms with Crippen LogP contribution < -0.4 is 9.47 Å². The Morgan fingerprint density at radius 3 is 1.13 bits per heavy atom. The molecule has 0 fully saturated rings. The molecule has 2 aromatic carbocycles. The van der Waals surface area contributed by atoms with E-state index in [1.165, 1.54) is 97.6 Å². The average Bonchev–Trinajstić information content (AvgIpc) is 3.06. The normalized spacial score (nSPS) is 11.6. The summed E-state index contributed by atoms with van der Waals surface area (Å²) in [5, 5.41) is 0. The zero-order chi connectivity index (χ0) is 33.6. The highest BCUT2D eigenvalue weighted by molar-refractivity contribution is 5.46. The van der Waals surface area contributed by atoms with Gasteiger partial charge in [-0.2, -0.15) is 0 Å². The molecule has 4 heteroatoms. The number of nitrogens with zero attached hydrogens (tertiary/aromatic N) is 2. The molecule has 262 valence electrons. The van der Waals surface area contributed by atoms with E-state index in [0.29, 0.717) is 0 Å². The predicted octanol–water partition coefficient (Wildman–Crippen LogP) is 11.0. The second-order valence-corrected chi connectivity index (χ2v) is 13.6. The number of unbranched alkanes of at least 4 members (excludes halogenated alkanes) is 10. The molecular weight excluding hydrogens is 564 g/mol. The molecular formula is C42H72N2O2. The topological polar surface area (TPSA) is 24.9 Å². The van der Waals surface area contributed by atoms with Crippen LogP contribution in [0.2, 0.25) is 0 Å². The van der Waals surface area contributed by atoms with Crippen molar-refractivity contribution in [3.63, 3.8) is 0 Å². The summed E-state index contributed by atoms with van der Waals surface area (Å²) in [7, 11) is 4.52. The Hall–Kier alpha value is -2.04. The zero-order valence-corrected chi connectivity index (χ0v) is 31.6. The van der Waals surface area contributed by atoms with Gasteiger partial charge in [0.2, 0.25) is 0 Å². The fraction of sp³-hybridized carbons (Fsp3) is 0.714. The van der Waals surface area contributed by atoms with E-state index in [2.05, 4.69) is 89.7 Å². The summed E-state index contributed by atoms with van der Waals surface area (Å²) < 4.78 is 13.1. The van der Waals surface area contributed by atoms with Crippen LogP contribution in [0.15, 0.2) is 24.3 Å². The molecule has 4 nitrogen and oxygen atoms in total. The summed E-state index contributed by atoms with van der Waals surface area (Å²) in [5.41, 5.74) is 8.26. The third-order valence-electron chi connectivity index (χ3n) is 9.42. The van der Waals surface area contributed by atoms with Gasteiger partial charge in [-0.05, 0) is 74.9 Å². The van der Waals surface area contributed by atoms with Crippen molar-refractivity contribution in [1.82, 2.24) is 9.80 Å². The van der Waals surface area contributed by atoms with E-state index in [9.17, 15) is 0 Å².